The van der Waals surface area contributed by atoms with Crippen molar-refractivity contribution >= 4 is 34.8 Å². The fourth-order valence-electron chi connectivity index (χ4n) is 2.68. The van der Waals surface area contributed by atoms with Crippen LogP contribution in [-0.2, 0) is 0 Å². The van der Waals surface area contributed by atoms with Gasteiger partial charge in [-0.05, 0) is 47.9 Å². The van der Waals surface area contributed by atoms with Gasteiger partial charge in [0.15, 0.2) is 0 Å². The Kier molecular flexibility index (Phi) is 7.91. The standard InChI is InChI=1S/C15H12FNO2.C9H6O6/c1-4-12-13-7-6-11(19-15(18)17(2)3)9-10(13)5-8-14(12)16;10-7(11)4-1-5(8(12)13)3-6(2-4)9(14)15/h1,5-9H,2-3H3;1-3H,(H,10,11)(H,12,13)(H,14,15). The molecule has 0 spiro atoms. The molecule has 0 radical (unpaired) electrons. The second-order valence-electron chi connectivity index (χ2n) is 6.93. The molecule has 0 heterocycles. The first kappa shape index (κ1) is 25.4. The predicted molar refractivity (Wildman–Crippen MR) is 119 cm³/mol. The van der Waals surface area contributed by atoms with E-state index in [-0.39, 0.29) is 22.3 Å². The Hall–Kier alpha value is -4.91. The van der Waals surface area contributed by atoms with Gasteiger partial charge >= 0.3 is 24.0 Å². The molecule has 9 nitrogen and oxygen atoms in total. The van der Waals surface area contributed by atoms with Gasteiger partial charge in [-0.3, -0.25) is 0 Å². The molecule has 0 bridgehead atoms. The highest BCUT2D eigenvalue weighted by molar-refractivity contribution is 5.99. The monoisotopic (exact) mass is 467 g/mol. The van der Waals surface area contributed by atoms with Gasteiger partial charge in [-0.2, -0.15) is 0 Å². The van der Waals surface area contributed by atoms with Crippen LogP contribution in [0, 0.1) is 18.2 Å². The molecule has 10 heteroatoms. The highest BCUT2D eigenvalue weighted by Crippen LogP contribution is 2.25. The van der Waals surface area contributed by atoms with Crippen LogP contribution in [0.2, 0.25) is 0 Å². The minimum Gasteiger partial charge on any atom is -0.478 e. The van der Waals surface area contributed by atoms with Gasteiger partial charge in [0.05, 0.1) is 22.3 Å². The van der Waals surface area contributed by atoms with Gasteiger partial charge in [0.2, 0.25) is 0 Å². The van der Waals surface area contributed by atoms with E-state index in [9.17, 15) is 23.6 Å². The first-order chi connectivity index (χ1) is 15.9. The fourth-order valence-corrected chi connectivity index (χ4v) is 2.68. The maximum absolute atomic E-state index is 13.5. The summed E-state index contributed by atoms with van der Waals surface area (Å²) in [6.07, 6.45) is 4.82. The van der Waals surface area contributed by atoms with Gasteiger partial charge < -0.3 is 25.0 Å². The Morgan fingerprint density at radius 1 is 0.853 bits per heavy atom. The summed E-state index contributed by atoms with van der Waals surface area (Å²) in [5, 5.41) is 27.2. The molecule has 0 aliphatic carbocycles. The maximum atomic E-state index is 13.5. The van der Waals surface area contributed by atoms with Crippen molar-refractivity contribution in [3.05, 3.63) is 76.6 Å². The summed E-state index contributed by atoms with van der Waals surface area (Å²) in [4.78, 5) is 44.5. The van der Waals surface area contributed by atoms with Crippen LogP contribution in [0.3, 0.4) is 0 Å². The van der Waals surface area contributed by atoms with Crippen LogP contribution in [0.15, 0.2) is 48.5 Å². The lowest BCUT2D eigenvalue weighted by molar-refractivity contribution is 0.0696. The lowest BCUT2D eigenvalue weighted by atomic mass is 10.0. The van der Waals surface area contributed by atoms with E-state index in [0.717, 1.165) is 23.6 Å². The van der Waals surface area contributed by atoms with Crippen LogP contribution in [0.4, 0.5) is 9.18 Å². The third-order valence-corrected chi connectivity index (χ3v) is 4.33. The molecule has 0 saturated carbocycles. The molecule has 3 rings (SSSR count). The number of fused-ring (bicyclic) bond motifs is 1. The zero-order valence-corrected chi connectivity index (χ0v) is 17.9. The van der Waals surface area contributed by atoms with Crippen molar-refractivity contribution in [2.75, 3.05) is 14.1 Å². The van der Waals surface area contributed by atoms with Gasteiger partial charge in [0.25, 0.3) is 0 Å². The van der Waals surface area contributed by atoms with Crippen LogP contribution < -0.4 is 4.74 Å². The molecule has 3 N–H and O–H groups in total. The van der Waals surface area contributed by atoms with E-state index in [0.29, 0.717) is 11.1 Å². The quantitative estimate of drug-likeness (QED) is 0.492. The second-order valence-corrected chi connectivity index (χ2v) is 6.93. The molecule has 3 aromatic carbocycles. The number of carbonyl (C=O) groups excluding carboxylic acids is 1. The molecule has 0 unspecified atom stereocenters. The largest absolute Gasteiger partial charge is 0.478 e. The van der Waals surface area contributed by atoms with Gasteiger partial charge in [-0.25, -0.2) is 23.6 Å². The average molecular weight is 467 g/mol. The first-order valence-corrected chi connectivity index (χ1v) is 9.37. The summed E-state index contributed by atoms with van der Waals surface area (Å²) >= 11 is 0. The van der Waals surface area contributed by atoms with Crippen molar-refractivity contribution in [3.63, 3.8) is 0 Å². The normalized spacial score (nSPS) is 9.82. The van der Waals surface area contributed by atoms with E-state index in [1.165, 1.54) is 11.0 Å². The number of hydrogen-bond donors (Lipinski definition) is 3. The Balaban J connectivity index is 0.000000248. The van der Waals surface area contributed by atoms with Crippen molar-refractivity contribution in [3.8, 4) is 18.1 Å². The van der Waals surface area contributed by atoms with Crippen LogP contribution in [0.25, 0.3) is 10.8 Å². The van der Waals surface area contributed by atoms with Crippen molar-refractivity contribution in [1.29, 1.82) is 0 Å². The van der Waals surface area contributed by atoms with Gasteiger partial charge in [0.1, 0.15) is 11.6 Å². The lowest BCUT2D eigenvalue weighted by Gasteiger charge is -2.11. The van der Waals surface area contributed by atoms with E-state index < -0.39 is 29.8 Å². The number of carboxylic acids is 3. The Morgan fingerprint density at radius 2 is 1.35 bits per heavy atom. The van der Waals surface area contributed by atoms with E-state index in [4.69, 9.17) is 26.5 Å². The summed E-state index contributed by atoms with van der Waals surface area (Å²) in [6, 6.07) is 10.5. The zero-order chi connectivity index (χ0) is 25.6. The smallest absolute Gasteiger partial charge is 0.414 e. The summed E-state index contributed by atoms with van der Waals surface area (Å²) < 4.78 is 18.6. The zero-order valence-electron chi connectivity index (χ0n) is 17.9. The molecular formula is C24H18FNO8. The van der Waals surface area contributed by atoms with Crippen LogP contribution >= 0.6 is 0 Å². The van der Waals surface area contributed by atoms with Crippen molar-refractivity contribution in [2.24, 2.45) is 0 Å². The number of amides is 1. The maximum Gasteiger partial charge on any atom is 0.414 e. The lowest BCUT2D eigenvalue weighted by Crippen LogP contribution is -2.25. The summed E-state index contributed by atoms with van der Waals surface area (Å²) in [6.45, 7) is 0. The number of halogens is 1. The van der Waals surface area contributed by atoms with Crippen molar-refractivity contribution < 1.29 is 43.6 Å². The number of benzene rings is 3. The Bertz CT molecular complexity index is 1260. The molecule has 34 heavy (non-hydrogen) atoms. The third kappa shape index (κ3) is 6.08. The molecule has 3 aromatic rings. The third-order valence-electron chi connectivity index (χ3n) is 4.33. The topological polar surface area (TPSA) is 141 Å². The van der Waals surface area contributed by atoms with Crippen molar-refractivity contribution in [1.82, 2.24) is 4.90 Å². The van der Waals surface area contributed by atoms with E-state index >= 15 is 0 Å². The number of hydrogen-bond acceptors (Lipinski definition) is 5. The number of terminal acetylenes is 1. The molecule has 0 aromatic heterocycles. The Labute approximate surface area is 192 Å². The van der Waals surface area contributed by atoms with Crippen LogP contribution in [0.1, 0.15) is 36.6 Å². The summed E-state index contributed by atoms with van der Waals surface area (Å²) in [5.41, 5.74) is -0.894. The van der Waals surface area contributed by atoms with E-state index in [2.05, 4.69) is 5.92 Å². The van der Waals surface area contributed by atoms with Gasteiger partial charge in [-0.1, -0.05) is 12.0 Å². The highest BCUT2D eigenvalue weighted by atomic mass is 19.1. The number of aromatic carboxylic acids is 3. The number of ether oxygens (including phenoxy) is 1. The van der Waals surface area contributed by atoms with E-state index in [1.54, 1.807) is 38.4 Å². The van der Waals surface area contributed by atoms with Crippen LogP contribution in [0.5, 0.6) is 5.75 Å². The second kappa shape index (κ2) is 10.6. The number of nitrogens with zero attached hydrogens (tertiary/aromatic N) is 1. The van der Waals surface area contributed by atoms with Crippen molar-refractivity contribution in [2.45, 2.75) is 0 Å². The van der Waals surface area contributed by atoms with Gasteiger partial charge in [0, 0.05) is 19.5 Å². The molecule has 0 atom stereocenters. The average Bonchev–Trinajstić information content (AvgIpc) is 2.79. The fraction of sp³-hybridized carbons (Fsp3) is 0.0833. The predicted octanol–water partition coefficient (Wildman–Crippen LogP) is 3.80. The molecule has 174 valence electrons. The summed E-state index contributed by atoms with van der Waals surface area (Å²) in [7, 11) is 3.18. The van der Waals surface area contributed by atoms with Gasteiger partial charge in [-0.15, -0.1) is 6.42 Å². The number of carbonyl (C=O) groups is 4. The molecule has 1 amide bonds. The SMILES string of the molecule is C#Cc1c(F)ccc2cc(OC(=O)N(C)C)ccc12.O=C(O)c1cc(C(=O)O)cc(C(=O)O)c1. The van der Waals surface area contributed by atoms with Crippen LogP contribution in [-0.4, -0.2) is 58.3 Å². The highest BCUT2D eigenvalue weighted by Gasteiger charge is 2.14. The molecule has 0 aliphatic rings. The minimum atomic E-state index is -1.37. The first-order valence-electron chi connectivity index (χ1n) is 9.37. The number of carboxylic acid groups (broad SMARTS) is 3. The molecule has 0 fully saturated rings. The molecule has 0 aliphatic heterocycles. The number of rotatable bonds is 4. The molecule has 0 saturated heterocycles. The summed E-state index contributed by atoms with van der Waals surface area (Å²) in [5.74, 6) is -1.84. The molecular weight excluding hydrogens is 449 g/mol. The van der Waals surface area contributed by atoms with E-state index in [1.807, 2.05) is 0 Å². The Morgan fingerprint density at radius 3 is 1.76 bits per heavy atom. The minimum absolute atomic E-state index is 0.211.